The molecule has 0 fully saturated rings. The van der Waals surface area contributed by atoms with Gasteiger partial charge in [-0.25, -0.2) is 0 Å². The number of thiophene rings is 1. The smallest absolute Gasteiger partial charge is 0.269 e. The molecule has 0 saturated heterocycles. The van der Waals surface area contributed by atoms with E-state index in [9.17, 15) is 19.7 Å². The lowest BCUT2D eigenvalue weighted by Gasteiger charge is -2.24. The molecule has 0 N–H and O–H groups in total. The summed E-state index contributed by atoms with van der Waals surface area (Å²) in [7, 11) is 1.64. The summed E-state index contributed by atoms with van der Waals surface area (Å²) in [4.78, 5) is 36.7. The van der Waals surface area contributed by atoms with Gasteiger partial charge in [0.05, 0.1) is 20.7 Å². The quantitative estimate of drug-likeness (QED) is 0.475. The minimum atomic E-state index is -0.462. The first-order valence-corrected chi connectivity index (χ1v) is 7.75. The van der Waals surface area contributed by atoms with Crippen LogP contribution in [-0.2, 0) is 0 Å². The molecule has 0 aliphatic rings. The van der Waals surface area contributed by atoms with Gasteiger partial charge < -0.3 is 4.90 Å². The highest BCUT2D eigenvalue weighted by Crippen LogP contribution is 2.26. The number of Topliss-reactive ketones (excluding diaryl/α,β-unsaturated/α-hetero) is 1. The number of nitrogens with zero attached hydrogens (tertiary/aromatic N) is 2. The van der Waals surface area contributed by atoms with Gasteiger partial charge in [0.1, 0.15) is 0 Å². The van der Waals surface area contributed by atoms with Crippen molar-refractivity contribution in [3.63, 3.8) is 0 Å². The Labute approximate surface area is 137 Å². The zero-order chi connectivity index (χ0) is 17.1. The van der Waals surface area contributed by atoms with Gasteiger partial charge in [0.15, 0.2) is 5.78 Å². The third-order valence-electron chi connectivity index (χ3n) is 3.63. The van der Waals surface area contributed by atoms with Gasteiger partial charge in [0.25, 0.3) is 11.6 Å². The second-order valence-corrected chi connectivity index (χ2v) is 6.25. The van der Waals surface area contributed by atoms with E-state index in [2.05, 4.69) is 0 Å². The zero-order valence-electron chi connectivity index (χ0n) is 13.0. The number of hydrogen-bond acceptors (Lipinski definition) is 5. The lowest BCUT2D eigenvalue weighted by atomic mass is 10.1. The fourth-order valence-electron chi connectivity index (χ4n) is 2.11. The average molecular weight is 332 g/mol. The number of nitro groups is 1. The second-order valence-electron chi connectivity index (χ2n) is 5.16. The predicted molar refractivity (Wildman–Crippen MR) is 87.9 cm³/mol. The van der Waals surface area contributed by atoms with Crippen LogP contribution < -0.4 is 0 Å². The summed E-state index contributed by atoms with van der Waals surface area (Å²) in [6, 6.07) is 9.15. The van der Waals surface area contributed by atoms with Crippen molar-refractivity contribution in [3.8, 4) is 0 Å². The standard InChI is InChI=1S/C16H16N2O4S/c1-10(12-5-4-6-13(9-12)18(21)22)17(3)16(20)15-8-7-14(23-15)11(2)19/h4-10H,1-3H3. The van der Waals surface area contributed by atoms with Gasteiger partial charge in [-0.1, -0.05) is 12.1 Å². The third kappa shape index (κ3) is 3.62. The summed E-state index contributed by atoms with van der Waals surface area (Å²) in [5, 5.41) is 10.9. The third-order valence-corrected chi connectivity index (χ3v) is 4.80. The van der Waals surface area contributed by atoms with Crippen molar-refractivity contribution in [1.82, 2.24) is 4.90 Å². The van der Waals surface area contributed by atoms with E-state index in [0.29, 0.717) is 15.3 Å². The molecule has 7 heteroatoms. The summed E-state index contributed by atoms with van der Waals surface area (Å²) in [6.45, 7) is 3.26. The molecule has 0 radical (unpaired) electrons. The largest absolute Gasteiger partial charge is 0.334 e. The van der Waals surface area contributed by atoms with Crippen molar-refractivity contribution in [3.05, 3.63) is 61.8 Å². The molecule has 0 aliphatic carbocycles. The summed E-state index contributed by atoms with van der Waals surface area (Å²) in [5.41, 5.74) is 0.670. The monoisotopic (exact) mass is 332 g/mol. The van der Waals surface area contributed by atoms with Crippen LogP contribution in [0.4, 0.5) is 5.69 Å². The Hall–Kier alpha value is -2.54. The highest BCUT2D eigenvalue weighted by atomic mass is 32.1. The summed E-state index contributed by atoms with van der Waals surface area (Å²) in [5.74, 6) is -0.301. The summed E-state index contributed by atoms with van der Waals surface area (Å²) < 4.78 is 0. The lowest BCUT2D eigenvalue weighted by Crippen LogP contribution is -2.29. The van der Waals surface area contributed by atoms with Gasteiger partial charge in [-0.05, 0) is 31.5 Å². The number of hydrogen-bond donors (Lipinski definition) is 0. The van der Waals surface area contributed by atoms with Gasteiger partial charge in [0, 0.05) is 19.2 Å². The fraction of sp³-hybridized carbons (Fsp3) is 0.250. The van der Waals surface area contributed by atoms with Crippen LogP contribution in [-0.4, -0.2) is 28.6 Å². The Kier molecular flexibility index (Phi) is 4.90. The first kappa shape index (κ1) is 16.8. The Morgan fingerprint density at radius 3 is 2.43 bits per heavy atom. The molecule has 0 bridgehead atoms. The SMILES string of the molecule is CC(=O)c1ccc(C(=O)N(C)C(C)c2cccc([N+](=O)[O-])c2)s1. The molecule has 6 nitrogen and oxygen atoms in total. The highest BCUT2D eigenvalue weighted by Gasteiger charge is 2.22. The van der Waals surface area contributed by atoms with E-state index in [4.69, 9.17) is 0 Å². The number of benzene rings is 1. The van der Waals surface area contributed by atoms with E-state index in [1.54, 1.807) is 38.2 Å². The Morgan fingerprint density at radius 2 is 1.87 bits per heavy atom. The molecule has 1 aromatic carbocycles. The summed E-state index contributed by atoms with van der Waals surface area (Å²) >= 11 is 1.15. The molecule has 1 unspecified atom stereocenters. The molecule has 2 aromatic rings. The second kappa shape index (κ2) is 6.70. The first-order valence-electron chi connectivity index (χ1n) is 6.93. The maximum absolute atomic E-state index is 12.5. The topological polar surface area (TPSA) is 80.5 Å². The molecule has 0 aliphatic heterocycles. The van der Waals surface area contributed by atoms with Crippen LogP contribution in [0.2, 0.25) is 0 Å². The molecule has 2 rings (SSSR count). The normalized spacial score (nSPS) is 11.8. The Morgan fingerprint density at radius 1 is 1.22 bits per heavy atom. The van der Waals surface area contributed by atoms with Crippen LogP contribution in [0.3, 0.4) is 0 Å². The predicted octanol–water partition coefficient (Wildman–Crippen LogP) is 3.69. The van der Waals surface area contributed by atoms with Gasteiger partial charge in [-0.2, -0.15) is 0 Å². The van der Waals surface area contributed by atoms with Crippen molar-refractivity contribution in [1.29, 1.82) is 0 Å². The van der Waals surface area contributed by atoms with Crippen LogP contribution in [0.15, 0.2) is 36.4 Å². The highest BCUT2D eigenvalue weighted by molar-refractivity contribution is 7.15. The van der Waals surface area contributed by atoms with Gasteiger partial charge >= 0.3 is 0 Å². The number of rotatable bonds is 5. The molecular formula is C16H16N2O4S. The van der Waals surface area contributed by atoms with E-state index >= 15 is 0 Å². The molecular weight excluding hydrogens is 316 g/mol. The number of carbonyl (C=O) groups is 2. The van der Waals surface area contributed by atoms with Crippen molar-refractivity contribution in [2.24, 2.45) is 0 Å². The van der Waals surface area contributed by atoms with Gasteiger partial charge in [-0.3, -0.25) is 19.7 Å². The van der Waals surface area contributed by atoms with Gasteiger partial charge in [-0.15, -0.1) is 11.3 Å². The van der Waals surface area contributed by atoms with Gasteiger partial charge in [0.2, 0.25) is 0 Å². The van der Waals surface area contributed by atoms with Crippen molar-refractivity contribution < 1.29 is 14.5 Å². The molecule has 0 spiro atoms. The zero-order valence-corrected chi connectivity index (χ0v) is 13.8. The van der Waals surface area contributed by atoms with Crippen molar-refractivity contribution >= 4 is 28.7 Å². The minimum Gasteiger partial charge on any atom is -0.334 e. The van der Waals surface area contributed by atoms with Crippen LogP contribution in [0, 0.1) is 10.1 Å². The lowest BCUT2D eigenvalue weighted by molar-refractivity contribution is -0.384. The maximum atomic E-state index is 12.5. The molecule has 1 amide bonds. The minimum absolute atomic E-state index is 0.00908. The Balaban J connectivity index is 2.22. The van der Waals surface area contributed by atoms with E-state index in [-0.39, 0.29) is 23.4 Å². The van der Waals surface area contributed by atoms with Crippen molar-refractivity contribution in [2.75, 3.05) is 7.05 Å². The Bertz CT molecular complexity index is 769. The molecule has 23 heavy (non-hydrogen) atoms. The molecule has 0 saturated carbocycles. The number of ketones is 1. The number of carbonyl (C=O) groups excluding carboxylic acids is 2. The summed E-state index contributed by atoms with van der Waals surface area (Å²) in [6.07, 6.45) is 0. The van der Waals surface area contributed by atoms with E-state index in [1.165, 1.54) is 24.0 Å². The van der Waals surface area contributed by atoms with Crippen LogP contribution in [0.25, 0.3) is 0 Å². The maximum Gasteiger partial charge on any atom is 0.269 e. The molecule has 1 atom stereocenters. The molecule has 1 aromatic heterocycles. The first-order chi connectivity index (χ1) is 10.8. The number of nitro benzene ring substituents is 1. The van der Waals surface area contributed by atoms with Crippen LogP contribution >= 0.6 is 11.3 Å². The van der Waals surface area contributed by atoms with Crippen LogP contribution in [0.5, 0.6) is 0 Å². The fourth-order valence-corrected chi connectivity index (χ4v) is 3.00. The molecule has 1 heterocycles. The van der Waals surface area contributed by atoms with E-state index < -0.39 is 4.92 Å². The van der Waals surface area contributed by atoms with E-state index in [0.717, 1.165) is 11.3 Å². The van der Waals surface area contributed by atoms with Crippen LogP contribution in [0.1, 0.15) is 44.8 Å². The number of non-ortho nitro benzene ring substituents is 1. The molecule has 120 valence electrons. The number of amides is 1. The average Bonchev–Trinajstić information content (AvgIpc) is 3.03. The van der Waals surface area contributed by atoms with E-state index in [1.807, 2.05) is 0 Å². The van der Waals surface area contributed by atoms with Crippen molar-refractivity contribution in [2.45, 2.75) is 19.9 Å².